The molecule has 0 heterocycles. The molecule has 0 aromatic rings. The van der Waals surface area contributed by atoms with Gasteiger partial charge in [0.2, 0.25) is 5.91 Å². The number of unbranched alkanes of at least 4 members (excludes halogenated alkanes) is 16. The molecule has 0 aliphatic carbocycles. The van der Waals surface area contributed by atoms with Crippen molar-refractivity contribution in [2.75, 3.05) is 40.9 Å². The van der Waals surface area contributed by atoms with E-state index in [4.69, 9.17) is 9.05 Å². The summed E-state index contributed by atoms with van der Waals surface area (Å²) >= 11 is 0. The number of hydrogen-bond donors (Lipinski definition) is 2. The predicted octanol–water partition coefficient (Wildman–Crippen LogP) is 8.77. The van der Waals surface area contributed by atoms with Gasteiger partial charge in [-0.2, -0.15) is 0 Å². The van der Waals surface area contributed by atoms with Crippen molar-refractivity contribution in [1.29, 1.82) is 0 Å². The van der Waals surface area contributed by atoms with E-state index in [0.29, 0.717) is 23.9 Å². The van der Waals surface area contributed by atoms with E-state index in [1.165, 1.54) is 70.6 Å². The molecule has 0 aromatic carbocycles. The summed E-state index contributed by atoms with van der Waals surface area (Å²) in [4.78, 5) is 25.1. The van der Waals surface area contributed by atoms with Gasteiger partial charge in [-0.05, 0) is 64.2 Å². The highest BCUT2D eigenvalue weighted by atomic mass is 31.2. The van der Waals surface area contributed by atoms with Crippen LogP contribution < -0.4 is 10.2 Å². The zero-order chi connectivity index (χ0) is 34.4. The largest absolute Gasteiger partial charge is 0.756 e. The van der Waals surface area contributed by atoms with Crippen LogP contribution in [0.5, 0.6) is 0 Å². The van der Waals surface area contributed by atoms with Crippen LogP contribution in [0.25, 0.3) is 0 Å². The third-order valence-corrected chi connectivity index (χ3v) is 9.13. The minimum atomic E-state index is -4.56. The maximum absolute atomic E-state index is 12.7. The number of likely N-dealkylation sites (N-methyl/N-ethyl adjacent to an activating group) is 1. The number of nitrogens with one attached hydrogen (secondary N) is 1. The van der Waals surface area contributed by atoms with E-state index in [1.807, 2.05) is 21.1 Å². The molecule has 0 bridgehead atoms. The van der Waals surface area contributed by atoms with Crippen LogP contribution in [0.1, 0.15) is 155 Å². The Hall–Kier alpha value is -1.02. The molecule has 8 nitrogen and oxygen atoms in total. The number of quaternary nitrogens is 1. The number of carbonyl (C=O) groups excluding carboxylic acids is 1. The molecule has 2 N–H and O–H groups in total. The number of rotatable bonds is 33. The highest BCUT2D eigenvalue weighted by Crippen LogP contribution is 2.38. The number of carbonyl (C=O) groups is 1. The number of amides is 1. The maximum atomic E-state index is 12.7. The second-order valence-electron chi connectivity index (χ2n) is 13.9. The number of aliphatic hydroxyl groups excluding tert-OH is 1. The molecule has 3 atom stereocenters. The van der Waals surface area contributed by atoms with E-state index >= 15 is 0 Å². The predicted molar refractivity (Wildman–Crippen MR) is 192 cm³/mol. The monoisotopic (exact) mass is 673 g/mol. The Bertz CT molecular complexity index is 814. The third-order valence-electron chi connectivity index (χ3n) is 8.16. The van der Waals surface area contributed by atoms with Crippen molar-refractivity contribution in [1.82, 2.24) is 5.32 Å². The SMILES string of the molecule is CCCCC/C=C/CCCC[C@@H](O)[C@H](COP(=O)([O-])OCC[N+](C)(C)C)NC(=O)CCCCCCC/C=C/CCCCCCCC. The zero-order valence-electron chi connectivity index (χ0n) is 30.5. The summed E-state index contributed by atoms with van der Waals surface area (Å²) in [5, 5.41) is 13.7. The van der Waals surface area contributed by atoms with Crippen molar-refractivity contribution in [2.45, 2.75) is 167 Å². The molecule has 1 unspecified atom stereocenters. The smallest absolute Gasteiger partial charge is 0.268 e. The molecular formula is C37H73N2O6P. The van der Waals surface area contributed by atoms with Gasteiger partial charge in [0.15, 0.2) is 0 Å². The molecule has 46 heavy (non-hydrogen) atoms. The molecule has 0 saturated heterocycles. The van der Waals surface area contributed by atoms with Gasteiger partial charge < -0.3 is 28.8 Å². The molecule has 0 spiro atoms. The molecule has 0 radical (unpaired) electrons. The van der Waals surface area contributed by atoms with Gasteiger partial charge in [-0.15, -0.1) is 0 Å². The molecule has 1 amide bonds. The zero-order valence-corrected chi connectivity index (χ0v) is 31.4. The Kier molecular flexibility index (Phi) is 29.4. The minimum Gasteiger partial charge on any atom is -0.756 e. The first-order chi connectivity index (χ1) is 22.0. The van der Waals surface area contributed by atoms with E-state index in [1.54, 1.807) is 0 Å². The summed E-state index contributed by atoms with van der Waals surface area (Å²) in [6, 6.07) is -0.815. The second kappa shape index (κ2) is 30.1. The lowest BCUT2D eigenvalue weighted by Crippen LogP contribution is -2.46. The van der Waals surface area contributed by atoms with Crippen LogP contribution in [0.4, 0.5) is 0 Å². The second-order valence-corrected chi connectivity index (χ2v) is 15.3. The van der Waals surface area contributed by atoms with E-state index in [9.17, 15) is 19.4 Å². The van der Waals surface area contributed by atoms with Gasteiger partial charge in [0, 0.05) is 6.42 Å². The van der Waals surface area contributed by atoms with E-state index in [-0.39, 0.29) is 19.1 Å². The first-order valence-electron chi connectivity index (χ1n) is 18.7. The van der Waals surface area contributed by atoms with Crippen molar-refractivity contribution in [3.8, 4) is 0 Å². The van der Waals surface area contributed by atoms with Gasteiger partial charge in [0.1, 0.15) is 13.2 Å². The molecule has 0 aromatic heterocycles. The summed E-state index contributed by atoms with van der Waals surface area (Å²) < 4.78 is 23.1. The molecule has 0 rings (SSSR count). The van der Waals surface area contributed by atoms with Gasteiger partial charge in [0.25, 0.3) is 7.82 Å². The highest BCUT2D eigenvalue weighted by Gasteiger charge is 2.24. The van der Waals surface area contributed by atoms with Crippen molar-refractivity contribution in [3.63, 3.8) is 0 Å². The number of allylic oxidation sites excluding steroid dienone is 4. The van der Waals surface area contributed by atoms with E-state index in [2.05, 4.69) is 43.5 Å². The Morgan fingerprint density at radius 3 is 1.74 bits per heavy atom. The van der Waals surface area contributed by atoms with Crippen molar-refractivity contribution in [2.24, 2.45) is 0 Å². The minimum absolute atomic E-state index is 0.00526. The molecule has 0 fully saturated rings. The van der Waals surface area contributed by atoms with Crippen LogP contribution in [0.3, 0.4) is 0 Å². The standard InChI is InChI=1S/C37H73N2O6P/c1-6-8-10-12-14-16-17-18-19-20-21-23-25-27-29-31-37(41)38-35(34-45-46(42,43)44-33-32-39(3,4)5)36(40)30-28-26-24-22-15-13-11-9-7-2/h15,18-19,22,35-36,40H,6-14,16-17,20-21,23-34H2,1-5H3,(H-,38,41,42,43)/b19-18+,22-15+/t35-,36+/m0/s1. The van der Waals surface area contributed by atoms with Crippen LogP contribution in [0.15, 0.2) is 24.3 Å². The van der Waals surface area contributed by atoms with E-state index < -0.39 is 20.0 Å². The number of nitrogens with zero attached hydrogens (tertiary/aromatic N) is 1. The average molecular weight is 673 g/mol. The summed E-state index contributed by atoms with van der Waals surface area (Å²) in [6.07, 6.45) is 31.9. The topological polar surface area (TPSA) is 108 Å². The van der Waals surface area contributed by atoms with Crippen molar-refractivity contribution in [3.05, 3.63) is 24.3 Å². The molecule has 0 saturated carbocycles. The summed E-state index contributed by atoms with van der Waals surface area (Å²) in [7, 11) is 1.28. The maximum Gasteiger partial charge on any atom is 0.268 e. The van der Waals surface area contributed by atoms with Crippen molar-refractivity contribution < 1.29 is 32.9 Å². The van der Waals surface area contributed by atoms with Gasteiger partial charge in [-0.1, -0.05) is 109 Å². The van der Waals surface area contributed by atoms with Crippen LogP contribution in [-0.2, 0) is 18.4 Å². The first-order valence-corrected chi connectivity index (χ1v) is 20.1. The van der Waals surface area contributed by atoms with Crippen LogP contribution >= 0.6 is 7.82 Å². The summed E-state index contributed by atoms with van der Waals surface area (Å²) in [5.41, 5.74) is 0. The fourth-order valence-electron chi connectivity index (χ4n) is 5.08. The Balaban J connectivity index is 4.47. The molecule has 0 aliphatic heterocycles. The third kappa shape index (κ3) is 31.6. The molecular weight excluding hydrogens is 599 g/mol. The highest BCUT2D eigenvalue weighted by molar-refractivity contribution is 7.45. The Morgan fingerprint density at radius 1 is 0.739 bits per heavy atom. The fraction of sp³-hybridized carbons (Fsp3) is 0.865. The summed E-state index contributed by atoms with van der Waals surface area (Å²) in [6.45, 7) is 4.61. The normalized spacial score (nSPS) is 15.0. The molecule has 9 heteroatoms. The molecule has 0 aliphatic rings. The van der Waals surface area contributed by atoms with Gasteiger partial charge in [-0.25, -0.2) is 0 Å². The number of phosphoric ester groups is 1. The average Bonchev–Trinajstić information content (AvgIpc) is 2.99. The summed E-state index contributed by atoms with van der Waals surface area (Å²) in [5.74, 6) is -0.188. The fourth-order valence-corrected chi connectivity index (χ4v) is 5.81. The lowest BCUT2D eigenvalue weighted by atomic mass is 10.0. The first kappa shape index (κ1) is 45.0. The lowest BCUT2D eigenvalue weighted by Gasteiger charge is -2.30. The van der Waals surface area contributed by atoms with Crippen LogP contribution in [0, 0.1) is 0 Å². The Labute approximate surface area is 284 Å². The quantitative estimate of drug-likeness (QED) is 0.0312. The number of phosphoric acid groups is 1. The van der Waals surface area contributed by atoms with E-state index in [0.717, 1.165) is 57.8 Å². The lowest BCUT2D eigenvalue weighted by molar-refractivity contribution is -0.870. The number of hydrogen-bond acceptors (Lipinski definition) is 6. The van der Waals surface area contributed by atoms with Crippen LogP contribution in [0.2, 0.25) is 0 Å². The van der Waals surface area contributed by atoms with Gasteiger partial charge in [-0.3, -0.25) is 9.36 Å². The Morgan fingerprint density at radius 2 is 1.20 bits per heavy atom. The number of aliphatic hydroxyl groups is 1. The molecule has 272 valence electrons. The van der Waals surface area contributed by atoms with Gasteiger partial charge >= 0.3 is 0 Å². The van der Waals surface area contributed by atoms with Crippen LogP contribution in [-0.4, -0.2) is 68.5 Å². The van der Waals surface area contributed by atoms with Crippen molar-refractivity contribution >= 4 is 13.7 Å². The van der Waals surface area contributed by atoms with Gasteiger partial charge in [0.05, 0.1) is 39.9 Å².